The third-order valence-electron chi connectivity index (χ3n) is 4.85. The number of ether oxygens (including phenoxy) is 1. The number of carbonyl (C=O) groups excluding carboxylic acids is 2. The normalized spacial score (nSPS) is 14.6. The highest BCUT2D eigenvalue weighted by Gasteiger charge is 2.25. The molecule has 28 heavy (non-hydrogen) atoms. The van der Waals surface area contributed by atoms with E-state index in [-0.39, 0.29) is 17.9 Å². The summed E-state index contributed by atoms with van der Waals surface area (Å²) in [5.41, 5.74) is 1.48. The average molecular weight is 401 g/mol. The number of likely N-dealkylation sites (tertiary alicyclic amines) is 1. The molecule has 0 aliphatic carbocycles. The molecule has 5 nitrogen and oxygen atoms in total. The van der Waals surface area contributed by atoms with Crippen molar-refractivity contribution in [1.82, 2.24) is 10.2 Å². The molecule has 1 N–H and O–H groups in total. The molecule has 0 saturated carbocycles. The molecule has 148 valence electrons. The lowest BCUT2D eigenvalue weighted by Crippen LogP contribution is -2.46. The van der Waals surface area contributed by atoms with E-state index >= 15 is 0 Å². The van der Waals surface area contributed by atoms with Crippen LogP contribution >= 0.6 is 11.6 Å². The van der Waals surface area contributed by atoms with Gasteiger partial charge in [-0.05, 0) is 49.6 Å². The van der Waals surface area contributed by atoms with Gasteiger partial charge in [-0.2, -0.15) is 0 Å². The van der Waals surface area contributed by atoms with E-state index in [9.17, 15) is 9.59 Å². The molecule has 1 fully saturated rings. The summed E-state index contributed by atoms with van der Waals surface area (Å²) in [4.78, 5) is 26.7. The van der Waals surface area contributed by atoms with Crippen LogP contribution in [-0.2, 0) is 11.2 Å². The van der Waals surface area contributed by atoms with Gasteiger partial charge in [0.2, 0.25) is 5.91 Å². The van der Waals surface area contributed by atoms with Crippen LogP contribution in [0.5, 0.6) is 5.75 Å². The first-order valence-corrected chi connectivity index (χ1v) is 9.99. The molecule has 2 aromatic rings. The molecule has 2 amide bonds. The number of hydrogen-bond acceptors (Lipinski definition) is 3. The van der Waals surface area contributed by atoms with Gasteiger partial charge in [0.1, 0.15) is 5.75 Å². The fourth-order valence-corrected chi connectivity index (χ4v) is 3.58. The zero-order chi connectivity index (χ0) is 19.9. The fourth-order valence-electron chi connectivity index (χ4n) is 3.37. The molecule has 2 aromatic carbocycles. The Morgan fingerprint density at radius 2 is 1.79 bits per heavy atom. The van der Waals surface area contributed by atoms with Crippen LogP contribution < -0.4 is 10.1 Å². The van der Waals surface area contributed by atoms with Crippen LogP contribution in [0.25, 0.3) is 0 Å². The van der Waals surface area contributed by atoms with Crippen LogP contribution in [0.2, 0.25) is 5.02 Å². The Hall–Kier alpha value is -2.53. The summed E-state index contributed by atoms with van der Waals surface area (Å²) in [7, 11) is 0. The van der Waals surface area contributed by atoms with Crippen molar-refractivity contribution in [2.24, 2.45) is 0 Å². The molecule has 0 aromatic heterocycles. The first-order valence-electron chi connectivity index (χ1n) is 9.61. The number of halogens is 1. The zero-order valence-corrected chi connectivity index (χ0v) is 16.7. The van der Waals surface area contributed by atoms with E-state index in [4.69, 9.17) is 16.3 Å². The van der Waals surface area contributed by atoms with E-state index in [2.05, 4.69) is 5.32 Å². The van der Waals surface area contributed by atoms with Crippen LogP contribution in [0.3, 0.4) is 0 Å². The maximum Gasteiger partial charge on any atom is 0.255 e. The molecule has 0 spiro atoms. The molecule has 0 atom stereocenters. The number of carbonyl (C=O) groups is 2. The first-order chi connectivity index (χ1) is 13.6. The van der Waals surface area contributed by atoms with Gasteiger partial charge >= 0.3 is 0 Å². The van der Waals surface area contributed by atoms with E-state index in [1.54, 1.807) is 17.0 Å². The summed E-state index contributed by atoms with van der Waals surface area (Å²) in [5.74, 6) is 0.757. The van der Waals surface area contributed by atoms with E-state index in [1.807, 2.05) is 43.3 Å². The van der Waals surface area contributed by atoms with Crippen molar-refractivity contribution in [1.29, 1.82) is 0 Å². The van der Waals surface area contributed by atoms with Gasteiger partial charge in [-0.15, -0.1) is 0 Å². The second-order valence-electron chi connectivity index (χ2n) is 6.87. The van der Waals surface area contributed by atoms with E-state index in [0.717, 1.165) is 24.2 Å². The SMILES string of the molecule is CCOc1ccc(CC(=O)NC2CCN(C(=O)c3ccccc3Cl)CC2)cc1. The summed E-state index contributed by atoms with van der Waals surface area (Å²) < 4.78 is 5.41. The van der Waals surface area contributed by atoms with Gasteiger partial charge in [-0.3, -0.25) is 9.59 Å². The molecule has 1 saturated heterocycles. The van der Waals surface area contributed by atoms with Gasteiger partial charge in [0.25, 0.3) is 5.91 Å². The molecule has 6 heteroatoms. The summed E-state index contributed by atoms with van der Waals surface area (Å²) >= 11 is 6.13. The lowest BCUT2D eigenvalue weighted by molar-refractivity contribution is -0.121. The minimum Gasteiger partial charge on any atom is -0.494 e. The van der Waals surface area contributed by atoms with E-state index in [0.29, 0.717) is 36.7 Å². The summed E-state index contributed by atoms with van der Waals surface area (Å²) in [6.07, 6.45) is 1.82. The molecule has 1 heterocycles. The fraction of sp³-hybridized carbons (Fsp3) is 0.364. The largest absolute Gasteiger partial charge is 0.494 e. The predicted octanol–water partition coefficient (Wildman–Crippen LogP) is 3.70. The number of piperidine rings is 1. The highest BCUT2D eigenvalue weighted by Crippen LogP contribution is 2.20. The Bertz CT molecular complexity index is 815. The minimum absolute atomic E-state index is 0.0000373. The monoisotopic (exact) mass is 400 g/mol. The maximum absolute atomic E-state index is 12.6. The summed E-state index contributed by atoms with van der Waals surface area (Å²) in [6, 6.07) is 14.8. The van der Waals surface area contributed by atoms with Crippen LogP contribution in [0.4, 0.5) is 0 Å². The van der Waals surface area contributed by atoms with Crippen LogP contribution in [-0.4, -0.2) is 42.5 Å². The van der Waals surface area contributed by atoms with Gasteiger partial charge in [0.15, 0.2) is 0 Å². The Balaban J connectivity index is 1.46. The van der Waals surface area contributed by atoms with Crippen molar-refractivity contribution in [2.75, 3.05) is 19.7 Å². The van der Waals surface area contributed by atoms with Crippen LogP contribution in [0.15, 0.2) is 48.5 Å². The van der Waals surface area contributed by atoms with Gasteiger partial charge in [0.05, 0.1) is 23.6 Å². The Morgan fingerprint density at radius 3 is 2.43 bits per heavy atom. The summed E-state index contributed by atoms with van der Waals surface area (Å²) in [5, 5.41) is 3.55. The molecular formula is C22H25ClN2O3. The lowest BCUT2D eigenvalue weighted by Gasteiger charge is -2.32. The standard InChI is InChI=1S/C22H25ClN2O3/c1-2-28-18-9-7-16(8-10-18)15-21(26)24-17-11-13-25(14-12-17)22(27)19-5-3-4-6-20(19)23/h3-10,17H,2,11-15H2,1H3,(H,24,26). The highest BCUT2D eigenvalue weighted by atomic mass is 35.5. The molecular weight excluding hydrogens is 376 g/mol. The topological polar surface area (TPSA) is 58.6 Å². The molecule has 1 aliphatic heterocycles. The number of hydrogen-bond donors (Lipinski definition) is 1. The van der Waals surface area contributed by atoms with E-state index < -0.39 is 0 Å². The highest BCUT2D eigenvalue weighted by molar-refractivity contribution is 6.33. The lowest BCUT2D eigenvalue weighted by atomic mass is 10.0. The summed E-state index contributed by atoms with van der Waals surface area (Å²) in [6.45, 7) is 3.78. The number of amides is 2. The second kappa shape index (κ2) is 9.60. The smallest absolute Gasteiger partial charge is 0.255 e. The van der Waals surface area contributed by atoms with Gasteiger partial charge < -0.3 is 15.0 Å². The molecule has 3 rings (SSSR count). The van der Waals surface area contributed by atoms with Crippen molar-refractivity contribution >= 4 is 23.4 Å². The Morgan fingerprint density at radius 1 is 1.11 bits per heavy atom. The van der Waals surface area contributed by atoms with Gasteiger partial charge in [-0.1, -0.05) is 35.9 Å². The molecule has 0 unspecified atom stereocenters. The molecule has 0 radical (unpaired) electrons. The number of nitrogens with one attached hydrogen (secondary N) is 1. The molecule has 1 aliphatic rings. The number of rotatable bonds is 6. The zero-order valence-electron chi connectivity index (χ0n) is 16.0. The van der Waals surface area contributed by atoms with Crippen molar-refractivity contribution in [3.05, 3.63) is 64.7 Å². The van der Waals surface area contributed by atoms with Gasteiger partial charge in [-0.25, -0.2) is 0 Å². The Labute approximate surface area is 170 Å². The number of benzene rings is 2. The minimum atomic E-state index is -0.0511. The molecule has 0 bridgehead atoms. The van der Waals surface area contributed by atoms with Crippen molar-refractivity contribution in [3.8, 4) is 5.75 Å². The van der Waals surface area contributed by atoms with Crippen molar-refractivity contribution < 1.29 is 14.3 Å². The predicted molar refractivity (Wildman–Crippen MR) is 110 cm³/mol. The van der Waals surface area contributed by atoms with Crippen molar-refractivity contribution in [3.63, 3.8) is 0 Å². The van der Waals surface area contributed by atoms with Gasteiger partial charge in [0, 0.05) is 19.1 Å². The third-order valence-corrected chi connectivity index (χ3v) is 5.18. The quantitative estimate of drug-likeness (QED) is 0.804. The average Bonchev–Trinajstić information content (AvgIpc) is 2.70. The van der Waals surface area contributed by atoms with Crippen LogP contribution in [0, 0.1) is 0 Å². The van der Waals surface area contributed by atoms with E-state index in [1.165, 1.54) is 0 Å². The van der Waals surface area contributed by atoms with Crippen molar-refractivity contribution in [2.45, 2.75) is 32.2 Å². The van der Waals surface area contributed by atoms with Crippen LogP contribution in [0.1, 0.15) is 35.7 Å². The maximum atomic E-state index is 12.6. The second-order valence-corrected chi connectivity index (χ2v) is 7.27. The number of nitrogens with zero attached hydrogens (tertiary/aromatic N) is 1. The third kappa shape index (κ3) is 5.26. The first kappa shape index (κ1) is 20.2. The Kier molecular flexibility index (Phi) is 6.93.